The van der Waals surface area contributed by atoms with Crippen molar-refractivity contribution in [1.29, 1.82) is 0 Å². The van der Waals surface area contributed by atoms with E-state index in [2.05, 4.69) is 10.0 Å². The van der Waals surface area contributed by atoms with Crippen molar-refractivity contribution in [1.82, 2.24) is 14.0 Å². The molecule has 0 unspecified atom stereocenters. The van der Waals surface area contributed by atoms with Crippen LogP contribution in [0.2, 0.25) is 0 Å². The van der Waals surface area contributed by atoms with Gasteiger partial charge in [0.05, 0.1) is 5.69 Å². The maximum absolute atomic E-state index is 13.9. The summed E-state index contributed by atoms with van der Waals surface area (Å²) in [6, 6.07) is 5.27. The van der Waals surface area contributed by atoms with Gasteiger partial charge in [-0.25, -0.2) is 9.37 Å². The lowest BCUT2D eigenvalue weighted by molar-refractivity contribution is 0.368. The van der Waals surface area contributed by atoms with Crippen molar-refractivity contribution in [2.75, 3.05) is 18.4 Å². The molecule has 0 amide bonds. The zero-order chi connectivity index (χ0) is 22.0. The molecule has 0 bridgehead atoms. The topological polar surface area (TPSA) is 74.3 Å². The van der Waals surface area contributed by atoms with Gasteiger partial charge < -0.3 is 5.32 Å². The molecule has 2 aromatic rings. The Hall–Kier alpha value is -1.55. The van der Waals surface area contributed by atoms with Crippen molar-refractivity contribution in [3.05, 3.63) is 34.5 Å². The van der Waals surface area contributed by atoms with E-state index in [9.17, 15) is 12.8 Å². The number of thiazole rings is 1. The second-order valence-electron chi connectivity index (χ2n) is 8.35. The third-order valence-electron chi connectivity index (χ3n) is 6.29. The SMILES string of the molecule is CCN(CC)S(=O)(=O)N[C@H]1CC[C@H](Nc2nc3c(s2)CCCc2ccc(F)cc2-3)CC1. The number of nitrogens with zero attached hydrogens (tertiary/aromatic N) is 2. The fraction of sp³-hybridized carbons (Fsp3) is 0.591. The van der Waals surface area contributed by atoms with E-state index in [1.807, 2.05) is 19.9 Å². The molecule has 31 heavy (non-hydrogen) atoms. The smallest absolute Gasteiger partial charge is 0.279 e. The molecule has 0 saturated heterocycles. The van der Waals surface area contributed by atoms with E-state index in [4.69, 9.17) is 4.98 Å². The first-order valence-corrected chi connectivity index (χ1v) is 13.5. The summed E-state index contributed by atoms with van der Waals surface area (Å²) < 4.78 is 43.1. The van der Waals surface area contributed by atoms with Gasteiger partial charge in [-0.2, -0.15) is 17.4 Å². The second kappa shape index (κ2) is 9.52. The maximum Gasteiger partial charge on any atom is 0.279 e. The lowest BCUT2D eigenvalue weighted by Gasteiger charge is -2.31. The predicted molar refractivity (Wildman–Crippen MR) is 124 cm³/mol. The van der Waals surface area contributed by atoms with Crippen LogP contribution >= 0.6 is 11.3 Å². The average Bonchev–Trinajstić information content (AvgIpc) is 3.05. The molecular weight excluding hydrogens is 435 g/mol. The molecule has 1 aromatic heterocycles. The Bertz CT molecular complexity index is 1010. The van der Waals surface area contributed by atoms with Crippen molar-refractivity contribution in [3.8, 4) is 11.3 Å². The van der Waals surface area contributed by atoms with E-state index in [1.165, 1.54) is 15.2 Å². The number of hydrogen-bond acceptors (Lipinski definition) is 5. The number of hydrogen-bond donors (Lipinski definition) is 2. The lowest BCUT2D eigenvalue weighted by Crippen LogP contribution is -2.47. The van der Waals surface area contributed by atoms with Crippen LogP contribution in [0.4, 0.5) is 9.52 Å². The molecule has 6 nitrogen and oxygen atoms in total. The molecule has 1 fully saturated rings. The fourth-order valence-electron chi connectivity index (χ4n) is 4.60. The highest BCUT2D eigenvalue weighted by Crippen LogP contribution is 2.38. The van der Waals surface area contributed by atoms with E-state index in [0.717, 1.165) is 66.9 Å². The van der Waals surface area contributed by atoms with Gasteiger partial charge in [-0.1, -0.05) is 19.9 Å². The van der Waals surface area contributed by atoms with Crippen LogP contribution in [0.1, 0.15) is 56.4 Å². The Balaban J connectivity index is 1.39. The Labute approximate surface area is 188 Å². The summed E-state index contributed by atoms with van der Waals surface area (Å²) in [6.45, 7) is 4.66. The molecule has 4 rings (SSSR count). The minimum Gasteiger partial charge on any atom is -0.359 e. The average molecular weight is 467 g/mol. The molecule has 0 spiro atoms. The van der Waals surface area contributed by atoms with E-state index in [1.54, 1.807) is 17.4 Å². The van der Waals surface area contributed by atoms with Crippen LogP contribution in [0.5, 0.6) is 0 Å². The fourth-order valence-corrected chi connectivity index (χ4v) is 7.18. The minimum absolute atomic E-state index is 0.0217. The maximum atomic E-state index is 13.9. The summed E-state index contributed by atoms with van der Waals surface area (Å²) in [5.74, 6) is -0.223. The molecule has 0 aliphatic heterocycles. The highest BCUT2D eigenvalue weighted by Gasteiger charge is 2.28. The van der Waals surface area contributed by atoms with Crippen LogP contribution in [0.25, 0.3) is 11.3 Å². The molecule has 0 radical (unpaired) electrons. The number of benzene rings is 1. The van der Waals surface area contributed by atoms with Crippen LogP contribution in [-0.2, 0) is 23.1 Å². The molecule has 1 heterocycles. The van der Waals surface area contributed by atoms with Gasteiger partial charge in [-0.3, -0.25) is 0 Å². The quantitative estimate of drug-likeness (QED) is 0.637. The van der Waals surface area contributed by atoms with Crippen LogP contribution in [0.3, 0.4) is 0 Å². The number of fused-ring (bicyclic) bond motifs is 3. The largest absolute Gasteiger partial charge is 0.359 e. The van der Waals surface area contributed by atoms with Crippen LogP contribution in [0, 0.1) is 5.82 Å². The normalized spacial score (nSPS) is 21.4. The highest BCUT2D eigenvalue weighted by molar-refractivity contribution is 7.87. The van der Waals surface area contributed by atoms with E-state index in [-0.39, 0.29) is 17.9 Å². The summed E-state index contributed by atoms with van der Waals surface area (Å²) in [6.07, 6.45) is 6.35. The summed E-state index contributed by atoms with van der Waals surface area (Å²) >= 11 is 1.67. The van der Waals surface area contributed by atoms with Gasteiger partial charge in [-0.05, 0) is 62.6 Å². The summed E-state index contributed by atoms with van der Waals surface area (Å²) in [5.41, 5.74) is 3.00. The zero-order valence-corrected chi connectivity index (χ0v) is 19.8. The Kier molecular flexibility index (Phi) is 6.95. The van der Waals surface area contributed by atoms with Crippen molar-refractivity contribution in [3.63, 3.8) is 0 Å². The molecule has 9 heteroatoms. The third kappa shape index (κ3) is 5.10. The zero-order valence-electron chi connectivity index (χ0n) is 18.2. The number of anilines is 1. The number of aromatic nitrogens is 1. The number of nitrogens with one attached hydrogen (secondary N) is 2. The molecular formula is C22H31FN4O2S2. The van der Waals surface area contributed by atoms with Gasteiger partial charge in [0, 0.05) is 35.6 Å². The standard InChI is InChI=1S/C22H31FN4O2S2/c1-3-27(4-2)31(28,29)26-18-12-10-17(11-13-18)24-22-25-21-19-14-16(23)9-8-15(19)6-5-7-20(21)30-22/h8-9,14,17-18,26H,3-7,10-13H2,1-2H3,(H,24,25)/t17-,18-. The van der Waals surface area contributed by atoms with Crippen LogP contribution in [0.15, 0.2) is 18.2 Å². The summed E-state index contributed by atoms with van der Waals surface area (Å²) in [5, 5.41) is 4.44. The molecule has 0 atom stereocenters. The number of aryl methyl sites for hydroxylation is 2. The molecule has 2 N–H and O–H groups in total. The first-order chi connectivity index (χ1) is 14.9. The van der Waals surface area contributed by atoms with Crippen molar-refractivity contribution in [2.45, 2.75) is 70.9 Å². The molecule has 1 aromatic carbocycles. The lowest BCUT2D eigenvalue weighted by atomic mass is 9.92. The molecule has 2 aliphatic rings. The summed E-state index contributed by atoms with van der Waals surface area (Å²) in [4.78, 5) is 6.05. The second-order valence-corrected chi connectivity index (χ2v) is 11.1. The Morgan fingerprint density at radius 1 is 1.13 bits per heavy atom. The summed E-state index contributed by atoms with van der Waals surface area (Å²) in [7, 11) is -3.41. The van der Waals surface area contributed by atoms with Crippen molar-refractivity contribution < 1.29 is 12.8 Å². The van der Waals surface area contributed by atoms with Gasteiger partial charge in [0.2, 0.25) is 0 Å². The first kappa shape index (κ1) is 22.6. The number of rotatable bonds is 7. The van der Waals surface area contributed by atoms with Gasteiger partial charge in [0.1, 0.15) is 5.82 Å². The highest BCUT2D eigenvalue weighted by atomic mass is 32.2. The number of halogens is 1. The van der Waals surface area contributed by atoms with E-state index < -0.39 is 10.2 Å². The van der Waals surface area contributed by atoms with Crippen molar-refractivity contribution in [2.24, 2.45) is 0 Å². The Morgan fingerprint density at radius 3 is 2.55 bits per heavy atom. The van der Waals surface area contributed by atoms with E-state index >= 15 is 0 Å². The first-order valence-electron chi connectivity index (χ1n) is 11.2. The molecule has 170 valence electrons. The van der Waals surface area contributed by atoms with E-state index in [0.29, 0.717) is 13.1 Å². The van der Waals surface area contributed by atoms with Crippen LogP contribution in [-0.4, -0.2) is 42.9 Å². The van der Waals surface area contributed by atoms with Gasteiger partial charge >= 0.3 is 0 Å². The van der Waals surface area contributed by atoms with Crippen molar-refractivity contribution >= 4 is 26.7 Å². The van der Waals surface area contributed by atoms with Gasteiger partial charge in [0.15, 0.2) is 5.13 Å². The molecule has 2 aliphatic carbocycles. The predicted octanol–water partition coefficient (Wildman–Crippen LogP) is 4.34. The van der Waals surface area contributed by atoms with Gasteiger partial charge in [-0.15, -0.1) is 11.3 Å². The third-order valence-corrected chi connectivity index (χ3v) is 9.16. The monoisotopic (exact) mass is 466 g/mol. The van der Waals surface area contributed by atoms with Gasteiger partial charge in [0.25, 0.3) is 10.2 Å². The Morgan fingerprint density at radius 2 is 1.84 bits per heavy atom. The molecule has 1 saturated carbocycles. The van der Waals surface area contributed by atoms with Crippen LogP contribution < -0.4 is 10.0 Å². The minimum atomic E-state index is -3.41.